The van der Waals surface area contributed by atoms with Gasteiger partial charge in [-0.1, -0.05) is 13.8 Å². The van der Waals surface area contributed by atoms with Crippen molar-refractivity contribution >= 4 is 11.6 Å². The zero-order valence-corrected chi connectivity index (χ0v) is 13.4. The van der Waals surface area contributed by atoms with Crippen molar-refractivity contribution in [3.05, 3.63) is 11.9 Å². The lowest BCUT2D eigenvalue weighted by Gasteiger charge is -2.17. The summed E-state index contributed by atoms with van der Waals surface area (Å²) in [6, 6.07) is 2.06. The lowest BCUT2D eigenvalue weighted by atomic mass is 9.98. The van der Waals surface area contributed by atoms with E-state index in [0.29, 0.717) is 0 Å². The van der Waals surface area contributed by atoms with Crippen LogP contribution in [0.2, 0.25) is 0 Å². The van der Waals surface area contributed by atoms with Gasteiger partial charge in [0.2, 0.25) is 0 Å². The van der Waals surface area contributed by atoms with Crippen molar-refractivity contribution in [3.8, 4) is 0 Å². The summed E-state index contributed by atoms with van der Waals surface area (Å²) in [6.07, 6.45) is 7.75. The molecule has 0 aliphatic heterocycles. The molecular formula is C17H28N4. The average Bonchev–Trinajstić information content (AvgIpc) is 3.37. The van der Waals surface area contributed by atoms with Crippen molar-refractivity contribution in [2.75, 3.05) is 23.7 Å². The Balaban J connectivity index is 1.62. The van der Waals surface area contributed by atoms with Gasteiger partial charge in [-0.05, 0) is 49.9 Å². The molecule has 2 N–H and O–H groups in total. The highest BCUT2D eigenvalue weighted by atomic mass is 15.1. The van der Waals surface area contributed by atoms with E-state index in [0.717, 1.165) is 61.1 Å². The van der Waals surface area contributed by atoms with E-state index in [1.165, 1.54) is 25.7 Å². The molecule has 0 aromatic carbocycles. The Labute approximate surface area is 128 Å². The van der Waals surface area contributed by atoms with Crippen LogP contribution in [0.15, 0.2) is 6.07 Å². The van der Waals surface area contributed by atoms with Crippen molar-refractivity contribution in [1.82, 2.24) is 9.97 Å². The maximum atomic E-state index is 4.63. The minimum absolute atomic E-state index is 0.872. The molecule has 3 rings (SSSR count). The number of nitrogens with one attached hydrogen (secondary N) is 2. The van der Waals surface area contributed by atoms with E-state index in [9.17, 15) is 0 Å². The third-order valence-corrected chi connectivity index (χ3v) is 4.62. The summed E-state index contributed by atoms with van der Waals surface area (Å²) in [4.78, 5) is 9.18. The van der Waals surface area contributed by atoms with E-state index in [-0.39, 0.29) is 0 Å². The topological polar surface area (TPSA) is 49.8 Å². The summed E-state index contributed by atoms with van der Waals surface area (Å²) in [6.45, 7) is 6.33. The van der Waals surface area contributed by atoms with Gasteiger partial charge in [0.15, 0.2) is 0 Å². The van der Waals surface area contributed by atoms with E-state index in [4.69, 9.17) is 0 Å². The van der Waals surface area contributed by atoms with Gasteiger partial charge in [-0.15, -0.1) is 0 Å². The van der Waals surface area contributed by atoms with Crippen LogP contribution in [0.5, 0.6) is 0 Å². The molecule has 0 radical (unpaired) electrons. The summed E-state index contributed by atoms with van der Waals surface area (Å²) in [5.74, 6) is 5.71. The number of aromatic nitrogens is 2. The molecule has 1 aromatic heterocycles. The summed E-state index contributed by atoms with van der Waals surface area (Å²) in [7, 11) is 0. The van der Waals surface area contributed by atoms with Crippen LogP contribution in [0, 0.1) is 17.8 Å². The second-order valence-corrected chi connectivity index (χ2v) is 6.55. The van der Waals surface area contributed by atoms with Crippen LogP contribution in [0.3, 0.4) is 0 Å². The number of rotatable bonds is 9. The number of hydrogen-bond donors (Lipinski definition) is 2. The van der Waals surface area contributed by atoms with Gasteiger partial charge in [0.1, 0.15) is 17.5 Å². The van der Waals surface area contributed by atoms with Gasteiger partial charge >= 0.3 is 0 Å². The largest absolute Gasteiger partial charge is 0.370 e. The second-order valence-electron chi connectivity index (χ2n) is 6.55. The molecule has 2 fully saturated rings. The molecule has 21 heavy (non-hydrogen) atoms. The van der Waals surface area contributed by atoms with Gasteiger partial charge in [0, 0.05) is 25.6 Å². The zero-order chi connectivity index (χ0) is 14.7. The molecule has 2 aliphatic rings. The Morgan fingerprint density at radius 1 is 1.05 bits per heavy atom. The van der Waals surface area contributed by atoms with Gasteiger partial charge in [0.05, 0.1) is 0 Å². The number of nitrogens with zero attached hydrogens (tertiary/aromatic N) is 2. The van der Waals surface area contributed by atoms with Crippen molar-refractivity contribution in [3.63, 3.8) is 0 Å². The van der Waals surface area contributed by atoms with Crippen LogP contribution in [0.25, 0.3) is 0 Å². The van der Waals surface area contributed by atoms with Crippen LogP contribution >= 0.6 is 0 Å². The van der Waals surface area contributed by atoms with Crippen LogP contribution in [0.1, 0.15) is 51.8 Å². The maximum absolute atomic E-state index is 4.63. The number of anilines is 2. The molecule has 0 bridgehead atoms. The molecule has 0 amide bonds. The van der Waals surface area contributed by atoms with E-state index in [1.807, 2.05) is 0 Å². The zero-order valence-electron chi connectivity index (χ0n) is 13.4. The molecule has 2 saturated carbocycles. The second kappa shape index (κ2) is 6.63. The van der Waals surface area contributed by atoms with Crippen molar-refractivity contribution in [2.24, 2.45) is 17.8 Å². The lowest BCUT2D eigenvalue weighted by molar-refractivity contribution is 0.427. The van der Waals surface area contributed by atoms with Gasteiger partial charge in [0.25, 0.3) is 0 Å². The van der Waals surface area contributed by atoms with Crippen LogP contribution < -0.4 is 10.6 Å². The monoisotopic (exact) mass is 288 g/mol. The number of aryl methyl sites for hydroxylation is 1. The molecule has 116 valence electrons. The standard InChI is InChI=1S/C17H28N4/c1-3-9-18-16-10-17(21-15(4-2)20-16)19-11-14(12-5-6-12)13-7-8-13/h10,12-14H,3-9,11H2,1-2H3,(H2,18,19,20,21). The smallest absolute Gasteiger partial charge is 0.132 e. The van der Waals surface area contributed by atoms with Crippen molar-refractivity contribution in [1.29, 1.82) is 0 Å². The quantitative estimate of drug-likeness (QED) is 0.727. The van der Waals surface area contributed by atoms with Crippen molar-refractivity contribution < 1.29 is 0 Å². The Hall–Kier alpha value is -1.32. The minimum Gasteiger partial charge on any atom is -0.370 e. The molecule has 1 aromatic rings. The first-order valence-electron chi connectivity index (χ1n) is 8.65. The van der Waals surface area contributed by atoms with E-state index < -0.39 is 0 Å². The first-order chi connectivity index (χ1) is 10.3. The van der Waals surface area contributed by atoms with Gasteiger partial charge in [-0.25, -0.2) is 9.97 Å². The minimum atomic E-state index is 0.872. The Bertz CT molecular complexity index is 454. The molecular weight excluding hydrogens is 260 g/mol. The van der Waals surface area contributed by atoms with Crippen LogP contribution in [0.4, 0.5) is 11.6 Å². The van der Waals surface area contributed by atoms with Gasteiger partial charge < -0.3 is 10.6 Å². The highest BCUT2D eigenvalue weighted by Crippen LogP contribution is 2.49. The Morgan fingerprint density at radius 2 is 1.67 bits per heavy atom. The molecule has 1 heterocycles. The Kier molecular flexibility index (Phi) is 4.61. The highest BCUT2D eigenvalue weighted by Gasteiger charge is 2.41. The SMILES string of the molecule is CCCNc1cc(NCC(C2CC2)C2CC2)nc(CC)n1. The first kappa shape index (κ1) is 14.6. The molecule has 2 aliphatic carbocycles. The third-order valence-electron chi connectivity index (χ3n) is 4.62. The average molecular weight is 288 g/mol. The Morgan fingerprint density at radius 3 is 2.19 bits per heavy atom. The predicted octanol–water partition coefficient (Wildman–Crippen LogP) is 3.71. The summed E-state index contributed by atoms with van der Waals surface area (Å²) >= 11 is 0. The van der Waals surface area contributed by atoms with E-state index >= 15 is 0 Å². The van der Waals surface area contributed by atoms with Crippen molar-refractivity contribution in [2.45, 2.75) is 52.4 Å². The number of hydrogen-bond acceptors (Lipinski definition) is 4. The summed E-state index contributed by atoms with van der Waals surface area (Å²) in [5.41, 5.74) is 0. The molecule has 0 unspecified atom stereocenters. The van der Waals surface area contributed by atoms with E-state index in [1.54, 1.807) is 0 Å². The van der Waals surface area contributed by atoms with Gasteiger partial charge in [-0.2, -0.15) is 0 Å². The van der Waals surface area contributed by atoms with Crippen LogP contribution in [-0.2, 0) is 6.42 Å². The molecule has 0 saturated heterocycles. The molecule has 0 atom stereocenters. The fourth-order valence-electron chi connectivity index (χ4n) is 3.08. The fraction of sp³-hybridized carbons (Fsp3) is 0.765. The normalized spacial score (nSPS) is 18.0. The van der Waals surface area contributed by atoms with E-state index in [2.05, 4.69) is 40.5 Å². The predicted molar refractivity (Wildman–Crippen MR) is 87.6 cm³/mol. The van der Waals surface area contributed by atoms with Gasteiger partial charge in [-0.3, -0.25) is 0 Å². The molecule has 4 heteroatoms. The lowest BCUT2D eigenvalue weighted by Crippen LogP contribution is -2.19. The molecule has 4 nitrogen and oxygen atoms in total. The fourth-order valence-corrected chi connectivity index (χ4v) is 3.08. The molecule has 0 spiro atoms. The van der Waals surface area contributed by atoms with Crippen LogP contribution in [-0.4, -0.2) is 23.1 Å². The third kappa shape index (κ3) is 4.08. The summed E-state index contributed by atoms with van der Waals surface area (Å²) in [5, 5.41) is 6.96. The highest BCUT2D eigenvalue weighted by molar-refractivity contribution is 5.47. The maximum Gasteiger partial charge on any atom is 0.132 e. The summed E-state index contributed by atoms with van der Waals surface area (Å²) < 4.78 is 0. The first-order valence-corrected chi connectivity index (χ1v) is 8.65.